The second-order valence-electron chi connectivity index (χ2n) is 8.27. The van der Waals surface area contributed by atoms with Crippen LogP contribution in [0.3, 0.4) is 0 Å². The first-order valence-electron chi connectivity index (χ1n) is 10.9. The number of ether oxygens (including phenoxy) is 1. The Kier molecular flexibility index (Phi) is 6.90. The average molecular weight is 474 g/mol. The van der Waals surface area contributed by atoms with Crippen molar-refractivity contribution in [3.8, 4) is 5.75 Å². The number of alkyl halides is 3. The van der Waals surface area contributed by atoms with Crippen molar-refractivity contribution in [3.63, 3.8) is 0 Å². The highest BCUT2D eigenvalue weighted by Crippen LogP contribution is 2.24. The number of aromatic nitrogens is 1. The normalized spacial score (nSPS) is 15.4. The lowest BCUT2D eigenvalue weighted by molar-refractivity contribution is -0.274. The minimum atomic E-state index is -4.76. The number of hydrogen-bond donors (Lipinski definition) is 2. The van der Waals surface area contributed by atoms with Gasteiger partial charge in [0.05, 0.1) is 13.1 Å². The SMILES string of the molecule is Cc1[nH]c2ccccc2c1C(=O)CN1CCN(CC(=O)Nc2ccc(OC(F)(F)F)cc2)CC1. The van der Waals surface area contributed by atoms with E-state index in [4.69, 9.17) is 0 Å². The van der Waals surface area contributed by atoms with Gasteiger partial charge < -0.3 is 15.0 Å². The molecule has 34 heavy (non-hydrogen) atoms. The van der Waals surface area contributed by atoms with E-state index in [-0.39, 0.29) is 24.0 Å². The molecule has 1 aliphatic rings. The number of fused-ring (bicyclic) bond motifs is 1. The van der Waals surface area contributed by atoms with Gasteiger partial charge in [-0.05, 0) is 37.3 Å². The van der Waals surface area contributed by atoms with Gasteiger partial charge in [-0.25, -0.2) is 0 Å². The van der Waals surface area contributed by atoms with Crippen LogP contribution in [0.25, 0.3) is 10.9 Å². The molecule has 1 saturated heterocycles. The molecule has 0 unspecified atom stereocenters. The third kappa shape index (κ3) is 5.95. The summed E-state index contributed by atoms with van der Waals surface area (Å²) in [5, 5.41) is 3.60. The summed E-state index contributed by atoms with van der Waals surface area (Å²) >= 11 is 0. The average Bonchev–Trinajstić information content (AvgIpc) is 3.11. The molecule has 0 bridgehead atoms. The number of H-pyrrole nitrogens is 1. The molecule has 1 aliphatic heterocycles. The molecular formula is C24H25F3N4O3. The van der Waals surface area contributed by atoms with Gasteiger partial charge in [-0.15, -0.1) is 13.2 Å². The van der Waals surface area contributed by atoms with Crippen LogP contribution in [0.15, 0.2) is 48.5 Å². The van der Waals surface area contributed by atoms with Gasteiger partial charge in [-0.1, -0.05) is 18.2 Å². The van der Waals surface area contributed by atoms with Gasteiger partial charge in [-0.3, -0.25) is 19.4 Å². The van der Waals surface area contributed by atoms with Crippen LogP contribution in [0.2, 0.25) is 0 Å². The number of ketones is 1. The van der Waals surface area contributed by atoms with E-state index < -0.39 is 6.36 Å². The molecule has 4 rings (SSSR count). The van der Waals surface area contributed by atoms with Crippen LogP contribution in [-0.2, 0) is 4.79 Å². The predicted molar refractivity (Wildman–Crippen MR) is 122 cm³/mol. The van der Waals surface area contributed by atoms with Gasteiger partial charge in [-0.2, -0.15) is 0 Å². The maximum Gasteiger partial charge on any atom is 0.573 e. The van der Waals surface area contributed by atoms with Crippen molar-refractivity contribution in [2.75, 3.05) is 44.6 Å². The first-order chi connectivity index (χ1) is 16.2. The first-order valence-corrected chi connectivity index (χ1v) is 10.9. The van der Waals surface area contributed by atoms with Gasteiger partial charge in [0.25, 0.3) is 0 Å². The number of piperazine rings is 1. The Morgan fingerprint density at radius 3 is 2.24 bits per heavy atom. The number of nitrogens with one attached hydrogen (secondary N) is 2. The summed E-state index contributed by atoms with van der Waals surface area (Å²) in [4.78, 5) is 32.6. The van der Waals surface area contributed by atoms with E-state index in [1.807, 2.05) is 36.1 Å². The number of anilines is 1. The van der Waals surface area contributed by atoms with E-state index in [1.165, 1.54) is 12.1 Å². The minimum Gasteiger partial charge on any atom is -0.406 e. The lowest BCUT2D eigenvalue weighted by atomic mass is 10.1. The van der Waals surface area contributed by atoms with Crippen molar-refractivity contribution in [3.05, 3.63) is 59.8 Å². The molecule has 7 nitrogen and oxygen atoms in total. The summed E-state index contributed by atoms with van der Waals surface area (Å²) in [6.45, 7) is 4.95. The summed E-state index contributed by atoms with van der Waals surface area (Å²) in [7, 11) is 0. The Morgan fingerprint density at radius 1 is 0.971 bits per heavy atom. The van der Waals surface area contributed by atoms with Crippen molar-refractivity contribution in [1.29, 1.82) is 0 Å². The summed E-state index contributed by atoms with van der Waals surface area (Å²) < 4.78 is 40.5. The van der Waals surface area contributed by atoms with Gasteiger partial charge in [0, 0.05) is 54.0 Å². The Labute approximate surface area is 194 Å². The van der Waals surface area contributed by atoms with E-state index in [0.29, 0.717) is 38.4 Å². The number of carbonyl (C=O) groups excluding carboxylic acids is 2. The summed E-state index contributed by atoms with van der Waals surface area (Å²) in [6.07, 6.45) is -4.76. The van der Waals surface area contributed by atoms with E-state index in [9.17, 15) is 22.8 Å². The summed E-state index contributed by atoms with van der Waals surface area (Å²) in [5.41, 5.74) is 2.92. The fourth-order valence-electron chi connectivity index (χ4n) is 4.17. The van der Waals surface area contributed by atoms with E-state index in [1.54, 1.807) is 0 Å². The second kappa shape index (κ2) is 9.86. The second-order valence-corrected chi connectivity index (χ2v) is 8.27. The maximum absolute atomic E-state index is 13.0. The quantitative estimate of drug-likeness (QED) is 0.510. The lowest BCUT2D eigenvalue weighted by Crippen LogP contribution is -2.49. The highest BCUT2D eigenvalue weighted by molar-refractivity contribution is 6.10. The molecule has 2 heterocycles. The number of halogens is 3. The van der Waals surface area contributed by atoms with Crippen LogP contribution in [0.5, 0.6) is 5.75 Å². The monoisotopic (exact) mass is 474 g/mol. The van der Waals surface area contributed by atoms with Crippen LogP contribution >= 0.6 is 0 Å². The van der Waals surface area contributed by atoms with Crippen LogP contribution < -0.4 is 10.1 Å². The van der Waals surface area contributed by atoms with Crippen molar-refractivity contribution in [1.82, 2.24) is 14.8 Å². The number of aryl methyl sites for hydroxylation is 1. The number of carbonyl (C=O) groups is 2. The number of amides is 1. The molecule has 1 aromatic heterocycles. The molecule has 0 radical (unpaired) electrons. The number of nitrogens with zero attached hydrogens (tertiary/aromatic N) is 2. The first kappa shape index (κ1) is 23.8. The zero-order valence-corrected chi connectivity index (χ0v) is 18.6. The number of aromatic amines is 1. The molecule has 0 saturated carbocycles. The van der Waals surface area contributed by atoms with Gasteiger partial charge in [0.1, 0.15) is 5.75 Å². The molecular weight excluding hydrogens is 449 g/mol. The highest BCUT2D eigenvalue weighted by Gasteiger charge is 2.31. The van der Waals surface area contributed by atoms with Crippen LogP contribution in [0, 0.1) is 6.92 Å². The lowest BCUT2D eigenvalue weighted by Gasteiger charge is -2.33. The van der Waals surface area contributed by atoms with E-state index in [0.717, 1.165) is 34.3 Å². The van der Waals surface area contributed by atoms with E-state index in [2.05, 4.69) is 19.9 Å². The van der Waals surface area contributed by atoms with Crippen LogP contribution in [0.4, 0.5) is 18.9 Å². The van der Waals surface area contributed by atoms with Crippen molar-refractivity contribution < 1.29 is 27.5 Å². The number of benzene rings is 2. The summed E-state index contributed by atoms with van der Waals surface area (Å²) in [6, 6.07) is 12.8. The Morgan fingerprint density at radius 2 is 1.59 bits per heavy atom. The standard InChI is InChI=1S/C24H25F3N4O3/c1-16-23(19-4-2-3-5-20(19)28-16)21(32)14-30-10-12-31(13-11-30)15-22(33)29-17-6-8-18(9-7-17)34-24(25,26)27/h2-9,28H,10-15H2,1H3,(H,29,33). The Hall–Kier alpha value is -3.37. The molecule has 1 fully saturated rings. The highest BCUT2D eigenvalue weighted by atomic mass is 19.4. The number of hydrogen-bond acceptors (Lipinski definition) is 5. The topological polar surface area (TPSA) is 77.7 Å². The fraction of sp³-hybridized carbons (Fsp3) is 0.333. The van der Waals surface area contributed by atoms with Crippen molar-refractivity contribution in [2.45, 2.75) is 13.3 Å². The predicted octanol–water partition coefficient (Wildman–Crippen LogP) is 3.81. The number of para-hydroxylation sites is 1. The molecule has 1 amide bonds. The Balaban J connectivity index is 1.24. The molecule has 10 heteroatoms. The molecule has 0 spiro atoms. The van der Waals surface area contributed by atoms with Crippen molar-refractivity contribution in [2.24, 2.45) is 0 Å². The molecule has 3 aromatic rings. The number of Topliss-reactive ketones (excluding diaryl/α,β-unsaturated/α-hetero) is 1. The van der Waals surface area contributed by atoms with Gasteiger partial charge >= 0.3 is 6.36 Å². The smallest absolute Gasteiger partial charge is 0.406 e. The van der Waals surface area contributed by atoms with E-state index >= 15 is 0 Å². The summed E-state index contributed by atoms with van der Waals surface area (Å²) in [5.74, 6) is -0.540. The largest absolute Gasteiger partial charge is 0.573 e. The van der Waals surface area contributed by atoms with Gasteiger partial charge in [0.15, 0.2) is 5.78 Å². The third-order valence-electron chi connectivity index (χ3n) is 5.74. The zero-order chi connectivity index (χ0) is 24.3. The molecule has 0 aliphatic carbocycles. The molecule has 0 atom stereocenters. The Bertz CT molecular complexity index is 1170. The third-order valence-corrected chi connectivity index (χ3v) is 5.74. The zero-order valence-electron chi connectivity index (χ0n) is 18.6. The minimum absolute atomic E-state index is 0.0686. The van der Waals surface area contributed by atoms with Crippen LogP contribution in [-0.4, -0.2) is 72.1 Å². The van der Waals surface area contributed by atoms with Crippen LogP contribution in [0.1, 0.15) is 16.1 Å². The maximum atomic E-state index is 13.0. The fourth-order valence-corrected chi connectivity index (χ4v) is 4.17. The molecule has 180 valence electrons. The molecule has 2 aromatic carbocycles. The molecule has 2 N–H and O–H groups in total. The van der Waals surface area contributed by atoms with Crippen molar-refractivity contribution >= 4 is 28.3 Å². The van der Waals surface area contributed by atoms with Gasteiger partial charge in [0.2, 0.25) is 5.91 Å². The number of rotatable bonds is 7.